The molecule has 0 amide bonds. The molecule has 0 spiro atoms. The summed E-state index contributed by atoms with van der Waals surface area (Å²) in [5.74, 6) is 0.806. The predicted molar refractivity (Wildman–Crippen MR) is 81.5 cm³/mol. The fraction of sp³-hybridized carbons (Fsp3) is 1.00. The van der Waals surface area contributed by atoms with Gasteiger partial charge >= 0.3 is 0 Å². The number of rotatable bonds is 6. The number of hydrogen-bond acceptors (Lipinski definition) is 3. The first-order valence-electron chi connectivity index (χ1n) is 7.55. The molecule has 0 aromatic carbocycles. The average molecular weight is 306 g/mol. The van der Waals surface area contributed by atoms with Gasteiger partial charge in [-0.25, -0.2) is 0 Å². The molecule has 5 nitrogen and oxygen atoms in total. The summed E-state index contributed by atoms with van der Waals surface area (Å²) in [6.07, 6.45) is 1.88. The van der Waals surface area contributed by atoms with E-state index in [2.05, 4.69) is 18.6 Å². The Hall–Kier alpha value is -0.170. The predicted octanol–water partition coefficient (Wildman–Crippen LogP) is 1.60. The molecule has 0 radical (unpaired) electrons. The lowest BCUT2D eigenvalue weighted by atomic mass is 9.89. The summed E-state index contributed by atoms with van der Waals surface area (Å²) in [6, 6.07) is 0. The van der Waals surface area contributed by atoms with Gasteiger partial charge in [-0.05, 0) is 31.1 Å². The van der Waals surface area contributed by atoms with Gasteiger partial charge in [0.25, 0.3) is 10.2 Å². The van der Waals surface area contributed by atoms with Crippen molar-refractivity contribution >= 4 is 10.2 Å². The van der Waals surface area contributed by atoms with Crippen LogP contribution in [0.5, 0.6) is 0 Å². The molecule has 1 heterocycles. The first kappa shape index (κ1) is 17.9. The van der Waals surface area contributed by atoms with E-state index in [1.807, 2.05) is 13.8 Å². The first-order chi connectivity index (χ1) is 9.08. The lowest BCUT2D eigenvalue weighted by molar-refractivity contribution is 0.00975. The van der Waals surface area contributed by atoms with Gasteiger partial charge in [0.2, 0.25) is 0 Å². The fourth-order valence-corrected chi connectivity index (χ4v) is 4.30. The molecule has 0 aromatic heterocycles. The third-order valence-electron chi connectivity index (χ3n) is 4.46. The van der Waals surface area contributed by atoms with E-state index in [9.17, 15) is 13.5 Å². The smallest absolute Gasteiger partial charge is 0.279 e. The molecule has 20 heavy (non-hydrogen) atoms. The Morgan fingerprint density at radius 1 is 1.35 bits per heavy atom. The van der Waals surface area contributed by atoms with Gasteiger partial charge in [0.15, 0.2) is 0 Å². The fourth-order valence-electron chi connectivity index (χ4n) is 2.74. The highest BCUT2D eigenvalue weighted by molar-refractivity contribution is 7.87. The van der Waals surface area contributed by atoms with Crippen LogP contribution >= 0.6 is 0 Å². The van der Waals surface area contributed by atoms with Crippen molar-refractivity contribution < 1.29 is 13.5 Å². The van der Waals surface area contributed by atoms with E-state index >= 15 is 0 Å². The molecule has 1 aliphatic rings. The largest absolute Gasteiger partial charge is 0.389 e. The monoisotopic (exact) mass is 306 g/mol. The molecule has 0 saturated carbocycles. The van der Waals surface area contributed by atoms with Crippen LogP contribution in [0.15, 0.2) is 0 Å². The number of aliphatic hydroxyl groups is 1. The summed E-state index contributed by atoms with van der Waals surface area (Å²) in [4.78, 5) is 0. The lowest BCUT2D eigenvalue weighted by Crippen LogP contribution is -2.52. The zero-order valence-electron chi connectivity index (χ0n) is 13.4. The van der Waals surface area contributed by atoms with Crippen molar-refractivity contribution in [2.45, 2.75) is 53.1 Å². The van der Waals surface area contributed by atoms with Crippen LogP contribution in [0.4, 0.5) is 0 Å². The van der Waals surface area contributed by atoms with Gasteiger partial charge < -0.3 is 5.11 Å². The Bertz CT molecular complexity index is 399. The summed E-state index contributed by atoms with van der Waals surface area (Å²) in [6.45, 7) is 10.9. The van der Waals surface area contributed by atoms with E-state index in [0.29, 0.717) is 24.9 Å². The lowest BCUT2D eigenvalue weighted by Gasteiger charge is -2.35. The standard InChI is InChI=1S/C14H30N2O3S/c1-6-13(4)14(5,17)10-15-20(18,19)16-8-11(2)7-12(3)9-16/h11-13,15,17H,6-10H2,1-5H3. The topological polar surface area (TPSA) is 69.6 Å². The Labute approximate surface area is 123 Å². The summed E-state index contributed by atoms with van der Waals surface area (Å²) < 4.78 is 28.8. The van der Waals surface area contributed by atoms with Gasteiger partial charge in [-0.15, -0.1) is 0 Å². The minimum Gasteiger partial charge on any atom is -0.389 e. The maximum absolute atomic E-state index is 12.3. The Kier molecular flexibility index (Phi) is 6.01. The zero-order valence-corrected chi connectivity index (χ0v) is 14.2. The number of hydrogen-bond donors (Lipinski definition) is 2. The highest BCUT2D eigenvalue weighted by Gasteiger charge is 2.33. The van der Waals surface area contributed by atoms with E-state index in [-0.39, 0.29) is 12.5 Å². The Balaban J connectivity index is 2.66. The summed E-state index contributed by atoms with van der Waals surface area (Å²) in [5, 5.41) is 10.3. The molecule has 1 fully saturated rings. The highest BCUT2D eigenvalue weighted by atomic mass is 32.2. The molecule has 0 bridgehead atoms. The third kappa shape index (κ3) is 4.69. The SMILES string of the molecule is CCC(C)C(C)(O)CNS(=O)(=O)N1CC(C)CC(C)C1. The molecular formula is C14H30N2O3S. The second-order valence-electron chi connectivity index (χ2n) is 6.76. The molecule has 4 atom stereocenters. The van der Waals surface area contributed by atoms with E-state index in [1.54, 1.807) is 6.92 Å². The summed E-state index contributed by atoms with van der Waals surface area (Å²) in [5.41, 5.74) is -1.02. The number of nitrogens with one attached hydrogen (secondary N) is 1. The highest BCUT2D eigenvalue weighted by Crippen LogP contribution is 2.23. The zero-order chi connectivity index (χ0) is 15.6. The third-order valence-corrected chi connectivity index (χ3v) is 5.95. The Morgan fingerprint density at radius 3 is 2.30 bits per heavy atom. The average Bonchev–Trinajstić information content (AvgIpc) is 2.34. The van der Waals surface area contributed by atoms with Crippen LogP contribution in [0.2, 0.25) is 0 Å². The molecule has 2 N–H and O–H groups in total. The van der Waals surface area contributed by atoms with Crippen LogP contribution in [0.3, 0.4) is 0 Å². The van der Waals surface area contributed by atoms with E-state index < -0.39 is 15.8 Å². The van der Waals surface area contributed by atoms with Crippen LogP contribution in [-0.2, 0) is 10.2 Å². The molecule has 1 rings (SSSR count). The van der Waals surface area contributed by atoms with E-state index in [1.165, 1.54) is 4.31 Å². The van der Waals surface area contributed by atoms with Gasteiger partial charge in [-0.3, -0.25) is 0 Å². The van der Waals surface area contributed by atoms with Gasteiger partial charge in [0.1, 0.15) is 0 Å². The molecule has 120 valence electrons. The second kappa shape index (κ2) is 6.73. The van der Waals surface area contributed by atoms with Crippen molar-refractivity contribution in [3.8, 4) is 0 Å². The van der Waals surface area contributed by atoms with Gasteiger partial charge in [0.05, 0.1) is 5.60 Å². The van der Waals surface area contributed by atoms with Crippen LogP contribution in [0.1, 0.15) is 47.5 Å². The number of nitrogens with zero attached hydrogens (tertiary/aromatic N) is 1. The molecule has 1 saturated heterocycles. The van der Waals surface area contributed by atoms with Crippen molar-refractivity contribution in [2.24, 2.45) is 17.8 Å². The molecule has 6 heteroatoms. The van der Waals surface area contributed by atoms with Crippen molar-refractivity contribution in [1.29, 1.82) is 0 Å². The van der Waals surface area contributed by atoms with Gasteiger partial charge in [-0.1, -0.05) is 34.1 Å². The van der Waals surface area contributed by atoms with Gasteiger partial charge in [-0.2, -0.15) is 17.4 Å². The normalized spacial score (nSPS) is 29.9. The van der Waals surface area contributed by atoms with Crippen molar-refractivity contribution in [1.82, 2.24) is 9.03 Å². The van der Waals surface area contributed by atoms with Crippen molar-refractivity contribution in [3.05, 3.63) is 0 Å². The molecule has 0 aliphatic carbocycles. The maximum atomic E-state index is 12.3. The number of piperidine rings is 1. The summed E-state index contributed by atoms with van der Waals surface area (Å²) in [7, 11) is -3.50. The van der Waals surface area contributed by atoms with Crippen LogP contribution < -0.4 is 4.72 Å². The molecule has 0 aromatic rings. The van der Waals surface area contributed by atoms with Crippen LogP contribution in [0, 0.1) is 17.8 Å². The van der Waals surface area contributed by atoms with E-state index in [4.69, 9.17) is 0 Å². The minimum atomic E-state index is -3.50. The second-order valence-corrected chi connectivity index (χ2v) is 8.51. The van der Waals surface area contributed by atoms with Crippen LogP contribution in [-0.4, -0.2) is 43.1 Å². The molecular weight excluding hydrogens is 276 g/mol. The van der Waals surface area contributed by atoms with Crippen molar-refractivity contribution in [2.75, 3.05) is 19.6 Å². The van der Waals surface area contributed by atoms with Gasteiger partial charge in [0, 0.05) is 19.6 Å². The minimum absolute atomic E-state index is 0.0457. The molecule has 1 aliphatic heterocycles. The first-order valence-corrected chi connectivity index (χ1v) is 8.99. The molecule has 4 unspecified atom stereocenters. The van der Waals surface area contributed by atoms with Crippen molar-refractivity contribution in [3.63, 3.8) is 0 Å². The maximum Gasteiger partial charge on any atom is 0.279 e. The van der Waals surface area contributed by atoms with Crippen LogP contribution in [0.25, 0.3) is 0 Å². The summed E-state index contributed by atoms with van der Waals surface area (Å²) >= 11 is 0. The Morgan fingerprint density at radius 2 is 1.85 bits per heavy atom. The quantitative estimate of drug-likeness (QED) is 0.783. The van der Waals surface area contributed by atoms with E-state index in [0.717, 1.165) is 12.8 Å².